The zero-order chi connectivity index (χ0) is 10.8. The maximum absolute atomic E-state index is 13.3. The molecule has 0 aromatic carbocycles. The summed E-state index contributed by atoms with van der Waals surface area (Å²) in [5.74, 6) is -5.50. The van der Waals surface area contributed by atoms with Gasteiger partial charge in [-0.2, -0.15) is 8.78 Å². The van der Waals surface area contributed by atoms with E-state index >= 15 is 0 Å². The molecule has 7 heteroatoms. The molecule has 1 aliphatic heterocycles. The Morgan fingerprint density at radius 1 is 1.67 bits per heavy atom. The van der Waals surface area contributed by atoms with E-state index in [1.54, 1.807) is 0 Å². The van der Waals surface area contributed by atoms with Crippen molar-refractivity contribution in [3.8, 4) is 0 Å². The minimum atomic E-state index is -3.84. The number of hydrogen-bond acceptors (Lipinski definition) is 4. The largest absolute Gasteiger partial charge is 0.461 e. The molecule has 0 aromatic rings. The summed E-state index contributed by atoms with van der Waals surface area (Å²) in [7, 11) is 0. The van der Waals surface area contributed by atoms with Gasteiger partial charge in [-0.05, 0) is 19.9 Å². The zero-order valence-corrected chi connectivity index (χ0v) is 9.07. The highest BCUT2D eigenvalue weighted by atomic mass is 35.5. The van der Waals surface area contributed by atoms with Gasteiger partial charge >= 0.3 is 11.9 Å². The number of hydrogen-bond donors (Lipinski definition) is 2. The molecule has 1 heterocycles. The molecule has 1 fully saturated rings. The van der Waals surface area contributed by atoms with Gasteiger partial charge < -0.3 is 15.2 Å². The van der Waals surface area contributed by atoms with E-state index in [1.165, 1.54) is 6.92 Å². The van der Waals surface area contributed by atoms with Crippen LogP contribution in [0.3, 0.4) is 0 Å². The van der Waals surface area contributed by atoms with Crippen LogP contribution >= 0.6 is 12.4 Å². The van der Waals surface area contributed by atoms with Gasteiger partial charge in [0.05, 0.1) is 6.61 Å². The Bertz CT molecular complexity index is 232. The third kappa shape index (κ3) is 2.56. The molecule has 0 saturated carbocycles. The number of nitrogens with one attached hydrogen (secondary N) is 1. The van der Waals surface area contributed by atoms with Gasteiger partial charge in [-0.3, -0.25) is 0 Å². The number of rotatable bonds is 3. The van der Waals surface area contributed by atoms with Crippen molar-refractivity contribution in [2.75, 3.05) is 19.7 Å². The van der Waals surface area contributed by atoms with Crippen LogP contribution in [0.4, 0.5) is 8.78 Å². The first-order valence-corrected chi connectivity index (χ1v) is 4.42. The van der Waals surface area contributed by atoms with Crippen LogP contribution in [0.25, 0.3) is 0 Å². The molecular formula is C8H14ClF2NO3. The number of ether oxygens (including phenoxy) is 1. The number of halogens is 3. The number of β-amino-alcohol motifs (C(OH)–C–C–N with tert-alkyl or cyclic N) is 1. The minimum Gasteiger partial charge on any atom is -0.461 e. The Hall–Kier alpha value is -0.460. The van der Waals surface area contributed by atoms with Gasteiger partial charge in [0.1, 0.15) is 0 Å². The predicted octanol–water partition coefficient (Wildman–Crippen LogP) is 0.331. The fraction of sp³-hybridized carbons (Fsp3) is 0.875. The van der Waals surface area contributed by atoms with Gasteiger partial charge in [-0.15, -0.1) is 12.4 Å². The second-order valence-electron chi connectivity index (χ2n) is 3.25. The molecule has 1 atom stereocenters. The summed E-state index contributed by atoms with van der Waals surface area (Å²) in [4.78, 5) is 10.9. The van der Waals surface area contributed by atoms with Crippen molar-refractivity contribution in [2.24, 2.45) is 0 Å². The smallest absolute Gasteiger partial charge is 0.380 e. The Balaban J connectivity index is 0.00000196. The average molecular weight is 246 g/mol. The van der Waals surface area contributed by atoms with E-state index in [0.29, 0.717) is 0 Å². The summed E-state index contributed by atoms with van der Waals surface area (Å²) in [6.45, 7) is 1.28. The lowest BCUT2D eigenvalue weighted by atomic mass is 9.95. The molecule has 1 aliphatic rings. The lowest BCUT2D eigenvalue weighted by molar-refractivity contribution is -0.208. The van der Waals surface area contributed by atoms with E-state index in [1.807, 2.05) is 0 Å². The first kappa shape index (κ1) is 14.5. The second-order valence-corrected chi connectivity index (χ2v) is 3.25. The van der Waals surface area contributed by atoms with E-state index in [9.17, 15) is 18.7 Å². The normalized spacial score (nSPS) is 25.9. The molecule has 2 N–H and O–H groups in total. The van der Waals surface area contributed by atoms with E-state index in [2.05, 4.69) is 10.1 Å². The molecule has 1 unspecified atom stereocenters. The number of aliphatic hydroxyl groups is 1. The van der Waals surface area contributed by atoms with Crippen LogP contribution in [0.15, 0.2) is 0 Å². The molecule has 0 radical (unpaired) electrons. The monoisotopic (exact) mass is 245 g/mol. The standard InChI is InChI=1S/C8H13F2NO3.ClH/c1-2-14-6(12)8(9,10)7(13)3-4-11-5-7;/h11,13H,2-5H2,1H3;1H. The number of esters is 1. The quantitative estimate of drug-likeness (QED) is 0.704. The molecule has 0 spiro atoms. The van der Waals surface area contributed by atoms with Crippen LogP contribution in [0.2, 0.25) is 0 Å². The van der Waals surface area contributed by atoms with Crippen LogP contribution in [0.5, 0.6) is 0 Å². The summed E-state index contributed by atoms with van der Waals surface area (Å²) >= 11 is 0. The summed E-state index contributed by atoms with van der Waals surface area (Å²) in [5.41, 5.74) is -2.31. The van der Waals surface area contributed by atoms with Crippen molar-refractivity contribution in [3.63, 3.8) is 0 Å². The molecule has 0 aliphatic carbocycles. The highest BCUT2D eigenvalue weighted by molar-refractivity contribution is 5.85. The molecule has 15 heavy (non-hydrogen) atoms. The van der Waals surface area contributed by atoms with Crippen molar-refractivity contribution >= 4 is 18.4 Å². The fourth-order valence-corrected chi connectivity index (χ4v) is 1.36. The minimum absolute atomic E-state index is 0. The van der Waals surface area contributed by atoms with Crippen LogP contribution in [-0.4, -0.2) is 42.3 Å². The van der Waals surface area contributed by atoms with Crippen molar-refractivity contribution in [1.29, 1.82) is 0 Å². The van der Waals surface area contributed by atoms with Gasteiger partial charge in [-0.1, -0.05) is 0 Å². The van der Waals surface area contributed by atoms with Gasteiger partial charge in [0.2, 0.25) is 0 Å². The first-order valence-electron chi connectivity index (χ1n) is 4.42. The zero-order valence-electron chi connectivity index (χ0n) is 8.26. The molecule has 0 amide bonds. The van der Waals surface area contributed by atoms with Crippen molar-refractivity contribution < 1.29 is 23.4 Å². The Labute approximate surface area is 92.4 Å². The average Bonchev–Trinajstić information content (AvgIpc) is 2.54. The highest BCUT2D eigenvalue weighted by Crippen LogP contribution is 2.34. The van der Waals surface area contributed by atoms with E-state index in [-0.39, 0.29) is 38.5 Å². The van der Waals surface area contributed by atoms with Crippen LogP contribution in [-0.2, 0) is 9.53 Å². The molecule has 1 rings (SSSR count). The van der Waals surface area contributed by atoms with Gasteiger partial charge in [0, 0.05) is 6.54 Å². The van der Waals surface area contributed by atoms with Gasteiger partial charge in [-0.25, -0.2) is 4.79 Å². The summed E-state index contributed by atoms with van der Waals surface area (Å²) in [5, 5.41) is 12.1. The Morgan fingerprint density at radius 3 is 2.67 bits per heavy atom. The second kappa shape index (κ2) is 5.05. The molecule has 0 aromatic heterocycles. The van der Waals surface area contributed by atoms with E-state index in [4.69, 9.17) is 0 Å². The lowest BCUT2D eigenvalue weighted by Crippen LogP contribution is -2.55. The fourth-order valence-electron chi connectivity index (χ4n) is 1.36. The summed E-state index contributed by atoms with van der Waals surface area (Å²) in [6.07, 6.45) is -0.154. The van der Waals surface area contributed by atoms with E-state index < -0.39 is 17.5 Å². The Kier molecular flexibility index (Phi) is 4.89. The highest BCUT2D eigenvalue weighted by Gasteiger charge is 2.60. The third-order valence-electron chi connectivity index (χ3n) is 2.25. The summed E-state index contributed by atoms with van der Waals surface area (Å²) < 4.78 is 30.9. The maximum atomic E-state index is 13.3. The van der Waals surface area contributed by atoms with Gasteiger partial charge in [0.15, 0.2) is 5.60 Å². The number of alkyl halides is 2. The van der Waals surface area contributed by atoms with E-state index in [0.717, 1.165) is 0 Å². The molecule has 4 nitrogen and oxygen atoms in total. The molecule has 90 valence electrons. The van der Waals surface area contributed by atoms with Gasteiger partial charge in [0.25, 0.3) is 0 Å². The number of carbonyl (C=O) groups excluding carboxylic acids is 1. The first-order chi connectivity index (χ1) is 6.44. The predicted molar refractivity (Wildman–Crippen MR) is 51.3 cm³/mol. The van der Waals surface area contributed by atoms with Crippen molar-refractivity contribution in [2.45, 2.75) is 24.9 Å². The summed E-state index contributed by atoms with van der Waals surface area (Å²) in [6, 6.07) is 0. The molecule has 0 bridgehead atoms. The van der Waals surface area contributed by atoms with Crippen LogP contribution < -0.4 is 5.32 Å². The van der Waals surface area contributed by atoms with Crippen molar-refractivity contribution in [3.05, 3.63) is 0 Å². The topological polar surface area (TPSA) is 58.6 Å². The van der Waals surface area contributed by atoms with Crippen LogP contribution in [0, 0.1) is 0 Å². The lowest BCUT2D eigenvalue weighted by Gasteiger charge is -2.29. The number of carbonyl (C=O) groups is 1. The van der Waals surface area contributed by atoms with Crippen molar-refractivity contribution in [1.82, 2.24) is 5.32 Å². The maximum Gasteiger partial charge on any atom is 0.380 e. The third-order valence-corrected chi connectivity index (χ3v) is 2.25. The SMILES string of the molecule is CCOC(=O)C(F)(F)C1(O)CCNC1.Cl. The molecule has 1 saturated heterocycles. The van der Waals surface area contributed by atoms with Crippen LogP contribution in [0.1, 0.15) is 13.3 Å². The Morgan fingerprint density at radius 2 is 2.27 bits per heavy atom. The molecular weight excluding hydrogens is 232 g/mol.